The molecule has 0 bridgehead atoms. The molecule has 1 aliphatic carbocycles. The van der Waals surface area contributed by atoms with Crippen molar-refractivity contribution in [2.75, 3.05) is 19.6 Å². The fourth-order valence-electron chi connectivity index (χ4n) is 7.42. The summed E-state index contributed by atoms with van der Waals surface area (Å²) in [7, 11) is 0. The fraction of sp³-hybridized carbons (Fsp3) is 0.795. The number of Topliss-reactive ketones (excluding diaryl/α,β-unsaturated/α-hetero) is 1. The molecule has 2 fully saturated rings. The first-order valence-electron chi connectivity index (χ1n) is 18.6. The van der Waals surface area contributed by atoms with Crippen molar-refractivity contribution >= 4 is 35.4 Å². The molecule has 12 heteroatoms. The van der Waals surface area contributed by atoms with Crippen LogP contribution in [0.2, 0.25) is 0 Å². The van der Waals surface area contributed by atoms with Crippen LogP contribution < -0.4 is 21.7 Å². The van der Waals surface area contributed by atoms with Gasteiger partial charge in [0.05, 0.1) is 6.04 Å². The normalized spacial score (nSPS) is 21.2. The standard InChI is InChI=1S/C39H66N6O6/c1-14-39(13,23-36(4,5)6)25-21-27(32(48)41-26(28(46)31(40)47)20-24-18-17-19-24)45(22-25)34(50)30(38(10,11)12)43-35(51)42-29(37(7,8)9)33(49)44(15-2)16-3/h1,24-27,29-30H,15-23H2,2-13H3,(H2,40,47)(H,41,48)(H2,42,43,51)/t25-,26?,27+,29-,30-,39?/m1/s1. The van der Waals surface area contributed by atoms with Gasteiger partial charge in [0.1, 0.15) is 18.1 Å². The summed E-state index contributed by atoms with van der Waals surface area (Å²) in [4.78, 5) is 84.0. The lowest BCUT2D eigenvalue weighted by Crippen LogP contribution is -2.62. The van der Waals surface area contributed by atoms with Crippen molar-refractivity contribution in [2.24, 2.45) is 39.2 Å². The summed E-state index contributed by atoms with van der Waals surface area (Å²) in [5.41, 5.74) is 3.09. The number of terminal acetylenes is 1. The number of hydrogen-bond acceptors (Lipinski definition) is 6. The predicted molar refractivity (Wildman–Crippen MR) is 199 cm³/mol. The van der Waals surface area contributed by atoms with Gasteiger partial charge in [-0.15, -0.1) is 6.42 Å². The molecule has 1 saturated carbocycles. The largest absolute Gasteiger partial charge is 0.363 e. The number of nitrogens with one attached hydrogen (secondary N) is 3. The fourth-order valence-corrected chi connectivity index (χ4v) is 7.42. The average molecular weight is 715 g/mol. The van der Waals surface area contributed by atoms with Crippen LogP contribution in [0.4, 0.5) is 4.79 Å². The molecular formula is C39H66N6O6. The number of likely N-dealkylation sites (N-methyl/N-ethyl adjacent to an activating group) is 1. The zero-order chi connectivity index (χ0) is 39.3. The van der Waals surface area contributed by atoms with Crippen LogP contribution >= 0.6 is 0 Å². The first kappa shape index (κ1) is 43.5. The van der Waals surface area contributed by atoms with E-state index in [0.717, 1.165) is 19.3 Å². The molecule has 1 aliphatic heterocycles. The van der Waals surface area contributed by atoms with Crippen LogP contribution in [0.15, 0.2) is 0 Å². The zero-order valence-corrected chi connectivity index (χ0v) is 33.3. The molecule has 5 N–H and O–H groups in total. The molecule has 288 valence electrons. The Morgan fingerprint density at radius 1 is 0.863 bits per heavy atom. The topological polar surface area (TPSA) is 171 Å². The molecule has 0 aromatic heterocycles. The van der Waals surface area contributed by atoms with Crippen molar-refractivity contribution in [3.05, 3.63) is 0 Å². The second-order valence-electron chi connectivity index (χ2n) is 18.3. The molecular weight excluding hydrogens is 648 g/mol. The SMILES string of the molecule is C#CC(C)(CC(C)(C)C)[C@@H]1C[C@@H](C(=O)NC(CC2CCC2)C(=O)C(N)=O)N(C(=O)[C@@H](NC(=O)N[C@H](C(=O)N(CC)CC)C(C)(C)C)C(C)(C)C)C1. The number of ketones is 1. The summed E-state index contributed by atoms with van der Waals surface area (Å²) >= 11 is 0. The van der Waals surface area contributed by atoms with Crippen molar-refractivity contribution in [2.45, 2.75) is 146 Å². The third kappa shape index (κ3) is 11.4. The molecule has 6 atom stereocenters. The third-order valence-corrected chi connectivity index (χ3v) is 10.5. The van der Waals surface area contributed by atoms with E-state index in [0.29, 0.717) is 19.5 Å². The number of rotatable bonds is 14. The van der Waals surface area contributed by atoms with Crippen LogP contribution in [0.3, 0.4) is 0 Å². The van der Waals surface area contributed by atoms with Crippen LogP contribution in [-0.4, -0.2) is 89.0 Å². The number of nitrogens with two attached hydrogens (primary N) is 1. The number of primary amides is 1. The molecule has 0 aromatic carbocycles. The number of carbonyl (C=O) groups excluding carboxylic acids is 6. The minimum atomic E-state index is -1.13. The molecule has 12 nitrogen and oxygen atoms in total. The van der Waals surface area contributed by atoms with E-state index in [2.05, 4.69) is 42.6 Å². The Kier molecular flexibility index (Phi) is 14.4. The smallest absolute Gasteiger partial charge is 0.316 e. The van der Waals surface area contributed by atoms with E-state index in [9.17, 15) is 28.8 Å². The molecule has 51 heavy (non-hydrogen) atoms. The number of amides is 6. The molecule has 6 amide bonds. The summed E-state index contributed by atoms with van der Waals surface area (Å²) in [6.07, 6.45) is 10.1. The Morgan fingerprint density at radius 2 is 1.39 bits per heavy atom. The highest BCUT2D eigenvalue weighted by Crippen LogP contribution is 2.45. The molecule has 0 radical (unpaired) electrons. The van der Waals surface area contributed by atoms with E-state index >= 15 is 0 Å². The van der Waals surface area contributed by atoms with E-state index in [1.807, 2.05) is 62.3 Å². The maximum atomic E-state index is 14.7. The summed E-state index contributed by atoms with van der Waals surface area (Å²) in [5.74, 6) is -0.429. The minimum Gasteiger partial charge on any atom is -0.363 e. The summed E-state index contributed by atoms with van der Waals surface area (Å²) in [5, 5.41) is 8.46. The van der Waals surface area contributed by atoms with Gasteiger partial charge >= 0.3 is 6.03 Å². The molecule has 1 saturated heterocycles. The maximum absolute atomic E-state index is 14.7. The quantitative estimate of drug-likeness (QED) is 0.157. The maximum Gasteiger partial charge on any atom is 0.316 e. The first-order valence-corrected chi connectivity index (χ1v) is 18.6. The van der Waals surface area contributed by atoms with E-state index < -0.39 is 69.9 Å². The van der Waals surface area contributed by atoms with Crippen molar-refractivity contribution in [1.29, 1.82) is 0 Å². The summed E-state index contributed by atoms with van der Waals surface area (Å²) in [6.45, 7) is 24.1. The molecule has 2 rings (SSSR count). The van der Waals surface area contributed by atoms with Gasteiger partial charge in [-0.3, -0.25) is 24.0 Å². The van der Waals surface area contributed by atoms with Crippen LogP contribution in [0.1, 0.15) is 122 Å². The highest BCUT2D eigenvalue weighted by molar-refractivity contribution is 6.37. The van der Waals surface area contributed by atoms with Gasteiger partial charge in [0.15, 0.2) is 0 Å². The minimum absolute atomic E-state index is 0.145. The van der Waals surface area contributed by atoms with Gasteiger partial charge in [-0.2, -0.15) is 0 Å². The lowest BCUT2D eigenvalue weighted by atomic mass is 9.67. The summed E-state index contributed by atoms with van der Waals surface area (Å²) in [6, 6.07) is -4.79. The van der Waals surface area contributed by atoms with Gasteiger partial charge < -0.3 is 31.5 Å². The Bertz CT molecular complexity index is 1340. The Labute approximate surface area is 306 Å². The van der Waals surface area contributed by atoms with Crippen LogP contribution in [0, 0.1) is 45.8 Å². The van der Waals surface area contributed by atoms with Crippen molar-refractivity contribution < 1.29 is 28.8 Å². The number of urea groups is 1. The third-order valence-electron chi connectivity index (χ3n) is 10.5. The molecule has 2 unspecified atom stereocenters. The number of likely N-dealkylation sites (tertiary alicyclic amines) is 1. The van der Waals surface area contributed by atoms with E-state index in [4.69, 9.17) is 12.2 Å². The van der Waals surface area contributed by atoms with Crippen LogP contribution in [-0.2, 0) is 24.0 Å². The van der Waals surface area contributed by atoms with Gasteiger partial charge in [0.25, 0.3) is 5.91 Å². The number of nitrogens with zero attached hydrogens (tertiary/aromatic N) is 2. The van der Waals surface area contributed by atoms with Gasteiger partial charge in [-0.25, -0.2) is 4.79 Å². The Hall–Kier alpha value is -3.62. The van der Waals surface area contributed by atoms with Gasteiger partial charge in [0.2, 0.25) is 23.5 Å². The molecule has 0 aromatic rings. The average Bonchev–Trinajstić information content (AvgIpc) is 3.44. The molecule has 0 spiro atoms. The van der Waals surface area contributed by atoms with Crippen molar-refractivity contribution in [3.63, 3.8) is 0 Å². The number of carbonyl (C=O) groups is 6. The molecule has 1 heterocycles. The van der Waals surface area contributed by atoms with E-state index in [-0.39, 0.29) is 42.5 Å². The Balaban J connectivity index is 2.52. The monoisotopic (exact) mass is 715 g/mol. The lowest BCUT2D eigenvalue weighted by Gasteiger charge is -2.38. The Morgan fingerprint density at radius 3 is 1.80 bits per heavy atom. The van der Waals surface area contributed by atoms with Crippen molar-refractivity contribution in [3.8, 4) is 12.3 Å². The highest BCUT2D eigenvalue weighted by atomic mass is 16.2. The van der Waals surface area contributed by atoms with E-state index in [1.165, 1.54) is 4.90 Å². The second-order valence-corrected chi connectivity index (χ2v) is 18.3. The van der Waals surface area contributed by atoms with Crippen LogP contribution in [0.25, 0.3) is 0 Å². The van der Waals surface area contributed by atoms with Crippen LogP contribution in [0.5, 0.6) is 0 Å². The highest BCUT2D eigenvalue weighted by Gasteiger charge is 2.51. The second kappa shape index (κ2) is 16.8. The summed E-state index contributed by atoms with van der Waals surface area (Å²) < 4.78 is 0. The van der Waals surface area contributed by atoms with Crippen molar-refractivity contribution in [1.82, 2.24) is 25.8 Å². The first-order chi connectivity index (χ1) is 23.3. The molecule has 2 aliphatic rings. The zero-order valence-electron chi connectivity index (χ0n) is 33.3. The van der Waals surface area contributed by atoms with E-state index in [1.54, 1.807) is 4.90 Å². The van der Waals surface area contributed by atoms with Gasteiger partial charge in [-0.1, -0.05) is 87.5 Å². The number of hydrogen-bond donors (Lipinski definition) is 4. The van der Waals surface area contributed by atoms with Gasteiger partial charge in [-0.05, 0) is 68.1 Å². The lowest BCUT2D eigenvalue weighted by molar-refractivity contribution is -0.143. The predicted octanol–water partition coefficient (Wildman–Crippen LogP) is 4.01. The van der Waals surface area contributed by atoms with Gasteiger partial charge in [0, 0.05) is 25.0 Å².